The molecule has 0 aromatic heterocycles. The molecule has 13 heteroatoms. The number of nitrogens with one attached hydrogen (secondary N) is 2. The van der Waals surface area contributed by atoms with Crippen molar-refractivity contribution in [2.24, 2.45) is 0 Å². The molecule has 2 saturated heterocycles. The molecule has 2 fully saturated rings. The van der Waals surface area contributed by atoms with Crippen molar-refractivity contribution in [1.82, 2.24) is 19.8 Å². The maximum atomic E-state index is 14.1. The van der Waals surface area contributed by atoms with E-state index in [1.807, 2.05) is 6.92 Å². The average Bonchev–Trinajstić information content (AvgIpc) is 3.27. The smallest absolute Gasteiger partial charge is 0.327 e. The van der Waals surface area contributed by atoms with E-state index in [0.717, 1.165) is 9.87 Å². The van der Waals surface area contributed by atoms with E-state index in [4.69, 9.17) is 0 Å². The number of rotatable bonds is 10. The molecule has 0 bridgehead atoms. The van der Waals surface area contributed by atoms with Crippen molar-refractivity contribution in [3.63, 3.8) is 0 Å². The van der Waals surface area contributed by atoms with Gasteiger partial charge in [0, 0.05) is 11.8 Å². The number of nitrogens with zero attached hydrogens (tertiary/aromatic N) is 2. The maximum absolute atomic E-state index is 14.1. The van der Waals surface area contributed by atoms with Crippen molar-refractivity contribution >= 4 is 45.5 Å². The van der Waals surface area contributed by atoms with Gasteiger partial charge in [-0.1, -0.05) is 78.4 Å². The third kappa shape index (κ3) is 6.07. The van der Waals surface area contributed by atoms with Crippen molar-refractivity contribution < 1.29 is 32.7 Å². The predicted molar refractivity (Wildman–Crippen MR) is 168 cm³/mol. The van der Waals surface area contributed by atoms with Crippen LogP contribution in [0.3, 0.4) is 0 Å². The van der Waals surface area contributed by atoms with E-state index in [1.165, 1.54) is 35.8 Å². The maximum Gasteiger partial charge on any atom is 0.327 e. The Morgan fingerprint density at radius 2 is 1.47 bits per heavy atom. The van der Waals surface area contributed by atoms with Gasteiger partial charge in [0.25, 0.3) is 0 Å². The molecule has 0 saturated carbocycles. The van der Waals surface area contributed by atoms with Crippen LogP contribution in [0.15, 0.2) is 89.8 Å². The third-order valence-corrected chi connectivity index (χ3v) is 11.5. The Balaban J connectivity index is 1.44. The number of hydrogen-bond donors (Lipinski definition) is 3. The fraction of sp³-hybridized carbons (Fsp3) is 0.312. The molecule has 11 nitrogen and oxygen atoms in total. The van der Waals surface area contributed by atoms with E-state index in [1.54, 1.807) is 86.6 Å². The Kier molecular flexibility index (Phi) is 8.80. The van der Waals surface area contributed by atoms with Gasteiger partial charge in [-0.2, -0.15) is 4.31 Å². The lowest BCUT2D eigenvalue weighted by Crippen LogP contribution is -2.71. The van der Waals surface area contributed by atoms with Gasteiger partial charge >= 0.3 is 5.97 Å². The van der Waals surface area contributed by atoms with Gasteiger partial charge in [0.05, 0.1) is 4.90 Å². The second-order valence-corrected chi connectivity index (χ2v) is 15.4. The first kappa shape index (κ1) is 32.2. The molecular weight excluding hydrogens is 617 g/mol. The standard InChI is InChI=1S/C32H34N4O7S2/c1-19-15-17-22(18-16-19)45(42,43)35(4)25(21-13-9-6-10-14-21)28(38)33-23(20-11-7-5-8-12-20)27(37)34-24-29(39)36-26(31(40)41)32(2,3)44-30(24)36/h5-18,23-26,30H,1-4H3,(H,33,38)(H,34,37)(H,40,41)/t23?,24-,25?,26+,30-/m1/s1. The lowest BCUT2D eigenvalue weighted by molar-refractivity contribution is -0.161. The summed E-state index contributed by atoms with van der Waals surface area (Å²) in [6.07, 6.45) is 0. The number of carboxylic acid groups (broad SMARTS) is 1. The van der Waals surface area contributed by atoms with Gasteiger partial charge in [-0.3, -0.25) is 14.4 Å². The quantitative estimate of drug-likeness (QED) is 0.283. The number of carbonyl (C=O) groups excluding carboxylic acids is 3. The summed E-state index contributed by atoms with van der Waals surface area (Å²) in [6.45, 7) is 5.30. The molecule has 236 valence electrons. The monoisotopic (exact) mass is 650 g/mol. The molecule has 5 rings (SSSR count). The molecule has 45 heavy (non-hydrogen) atoms. The zero-order valence-electron chi connectivity index (χ0n) is 25.1. The Bertz CT molecular complexity index is 1720. The summed E-state index contributed by atoms with van der Waals surface area (Å²) in [5.74, 6) is -3.10. The van der Waals surface area contributed by atoms with Gasteiger partial charge in [-0.25, -0.2) is 13.2 Å². The highest BCUT2D eigenvalue weighted by molar-refractivity contribution is 8.01. The largest absolute Gasteiger partial charge is 0.480 e. The molecule has 3 N–H and O–H groups in total. The number of sulfonamides is 1. The summed E-state index contributed by atoms with van der Waals surface area (Å²) in [7, 11) is -2.84. The van der Waals surface area contributed by atoms with E-state index in [-0.39, 0.29) is 4.90 Å². The Morgan fingerprint density at radius 1 is 0.911 bits per heavy atom. The van der Waals surface area contributed by atoms with E-state index >= 15 is 0 Å². The predicted octanol–water partition coefficient (Wildman–Crippen LogP) is 2.85. The van der Waals surface area contributed by atoms with Gasteiger partial charge < -0.3 is 20.6 Å². The summed E-state index contributed by atoms with van der Waals surface area (Å²) in [4.78, 5) is 54.2. The number of benzene rings is 3. The minimum absolute atomic E-state index is 0.00591. The molecule has 3 aromatic rings. The average molecular weight is 651 g/mol. The number of fused-ring (bicyclic) bond motifs is 1. The van der Waals surface area contributed by atoms with E-state index < -0.39 is 68.0 Å². The van der Waals surface area contributed by atoms with Crippen LogP contribution >= 0.6 is 11.8 Å². The summed E-state index contributed by atoms with van der Waals surface area (Å²) < 4.78 is 27.6. The molecule has 3 aromatic carbocycles. The first-order valence-electron chi connectivity index (χ1n) is 14.2. The number of amides is 3. The number of thioether (sulfide) groups is 1. The van der Waals surface area contributed by atoms with Crippen LogP contribution in [-0.2, 0) is 29.2 Å². The number of likely N-dealkylation sites (N-methyl/N-ethyl adjacent to an activating group) is 1. The van der Waals surface area contributed by atoms with Gasteiger partial charge in [0.15, 0.2) is 0 Å². The van der Waals surface area contributed by atoms with Gasteiger partial charge in [0.2, 0.25) is 27.7 Å². The molecule has 3 amide bonds. The number of aryl methyl sites for hydroxylation is 1. The second-order valence-electron chi connectivity index (χ2n) is 11.6. The third-order valence-electron chi connectivity index (χ3n) is 8.08. The van der Waals surface area contributed by atoms with Crippen molar-refractivity contribution in [3.8, 4) is 0 Å². The first-order chi connectivity index (χ1) is 21.2. The van der Waals surface area contributed by atoms with Crippen LogP contribution < -0.4 is 10.6 Å². The molecule has 0 aliphatic carbocycles. The Hall–Kier alpha value is -4.20. The number of β-lactam (4-membered cyclic amide) rings is 1. The Morgan fingerprint density at radius 3 is 2.02 bits per heavy atom. The number of carboxylic acids is 1. The zero-order chi connectivity index (χ0) is 32.7. The van der Waals surface area contributed by atoms with Gasteiger partial charge in [-0.15, -0.1) is 11.8 Å². The van der Waals surface area contributed by atoms with Crippen LogP contribution in [0, 0.1) is 6.92 Å². The molecular formula is C32H34N4O7S2. The molecule has 2 heterocycles. The lowest BCUT2D eigenvalue weighted by atomic mass is 9.95. The summed E-state index contributed by atoms with van der Waals surface area (Å²) >= 11 is 1.29. The number of aliphatic carboxylic acids is 1. The van der Waals surface area contributed by atoms with Crippen molar-refractivity contribution in [1.29, 1.82) is 0 Å². The molecule has 2 aliphatic heterocycles. The van der Waals surface area contributed by atoms with Crippen molar-refractivity contribution in [3.05, 3.63) is 102 Å². The van der Waals surface area contributed by atoms with Crippen molar-refractivity contribution in [2.75, 3.05) is 7.05 Å². The van der Waals surface area contributed by atoms with E-state index in [9.17, 15) is 32.7 Å². The number of hydrogen-bond acceptors (Lipinski definition) is 7. The van der Waals surface area contributed by atoms with Crippen molar-refractivity contribution in [2.45, 2.75) is 60.0 Å². The van der Waals surface area contributed by atoms with Crippen LogP contribution in [0.4, 0.5) is 0 Å². The zero-order valence-corrected chi connectivity index (χ0v) is 26.7. The van der Waals surface area contributed by atoms with Crippen LogP contribution in [-0.4, -0.2) is 75.7 Å². The second kappa shape index (κ2) is 12.3. The highest BCUT2D eigenvalue weighted by Gasteiger charge is 2.64. The highest BCUT2D eigenvalue weighted by Crippen LogP contribution is 2.50. The topological polar surface area (TPSA) is 153 Å². The molecule has 5 atom stereocenters. The molecule has 0 spiro atoms. The van der Waals surface area contributed by atoms with Crippen LogP contribution in [0.2, 0.25) is 0 Å². The van der Waals surface area contributed by atoms with Gasteiger partial charge in [-0.05, 0) is 44.0 Å². The minimum atomic E-state index is -4.15. The van der Waals surface area contributed by atoms with Gasteiger partial charge in [0.1, 0.15) is 29.5 Å². The summed E-state index contributed by atoms with van der Waals surface area (Å²) in [6, 6.07) is 18.3. The Labute approximate surface area is 266 Å². The lowest BCUT2D eigenvalue weighted by Gasteiger charge is -2.44. The SMILES string of the molecule is Cc1ccc(S(=O)(=O)N(C)C(C(=O)NC(C(=O)N[C@@H]2C(=O)N3[C@@H]2SC(C)(C)[C@@H]3C(=O)O)c2ccccc2)c2ccccc2)cc1. The highest BCUT2D eigenvalue weighted by atomic mass is 32.2. The van der Waals surface area contributed by atoms with Crippen LogP contribution in [0.25, 0.3) is 0 Å². The van der Waals surface area contributed by atoms with Crippen LogP contribution in [0.1, 0.15) is 42.6 Å². The summed E-state index contributed by atoms with van der Waals surface area (Å²) in [5, 5.41) is 14.6. The van der Waals surface area contributed by atoms with E-state index in [2.05, 4.69) is 10.6 Å². The molecule has 2 unspecified atom stereocenters. The minimum Gasteiger partial charge on any atom is -0.480 e. The molecule has 0 radical (unpaired) electrons. The molecule has 2 aliphatic rings. The van der Waals surface area contributed by atoms with E-state index in [0.29, 0.717) is 11.1 Å². The fourth-order valence-corrected chi connectivity index (χ4v) is 8.66. The fourth-order valence-electron chi connectivity index (χ4n) is 5.73. The normalized spacial score (nSPS) is 21.8. The summed E-state index contributed by atoms with van der Waals surface area (Å²) in [5.41, 5.74) is 1.66. The number of carbonyl (C=O) groups is 4. The first-order valence-corrected chi connectivity index (χ1v) is 16.5. The van der Waals surface area contributed by atoms with Crippen LogP contribution in [0.5, 0.6) is 0 Å².